The minimum Gasteiger partial charge on any atom is -0.507 e. The molecule has 718 valence electrons. The zero-order valence-electron chi connectivity index (χ0n) is 80.7. The first kappa shape index (κ1) is 104. The average Bonchev–Trinajstić information content (AvgIpc) is 1.37. The molecule has 133 heavy (non-hydrogen) atoms. The van der Waals surface area contributed by atoms with Crippen LogP contribution >= 0.6 is 27.7 Å². The molecule has 2 aromatic carbocycles. The molecule has 0 amide bonds. The van der Waals surface area contributed by atoms with Gasteiger partial charge in [-0.3, -0.25) is 9.31 Å². The third-order valence-corrected chi connectivity index (χ3v) is 24.9. The van der Waals surface area contributed by atoms with E-state index in [1.807, 2.05) is 67.8 Å². The Bertz CT molecular complexity index is 5510. The van der Waals surface area contributed by atoms with Crippen molar-refractivity contribution in [1.29, 1.82) is 0 Å². The van der Waals surface area contributed by atoms with Crippen molar-refractivity contribution in [3.63, 3.8) is 0 Å². The van der Waals surface area contributed by atoms with Crippen LogP contribution in [0.2, 0.25) is 0 Å². The normalized spacial score (nSPS) is 18.8. The fourth-order valence-corrected chi connectivity index (χ4v) is 19.2. The number of phenolic OH excluding ortho intramolecular Hbond substituents is 1. The number of nitrogens with one attached hydrogen (secondary N) is 5. The van der Waals surface area contributed by atoms with Crippen LogP contribution in [-0.2, 0) is 30.1 Å². The van der Waals surface area contributed by atoms with Crippen molar-refractivity contribution in [3.05, 3.63) is 134 Å². The molecule has 0 bridgehead atoms. The van der Waals surface area contributed by atoms with Gasteiger partial charge in [0.1, 0.15) is 33.7 Å². The molecular formula is C89H130BrN33O7S3. The minimum absolute atomic E-state index is 0.00371. The van der Waals surface area contributed by atoms with Gasteiger partial charge in [-0.25, -0.2) is 48.0 Å². The van der Waals surface area contributed by atoms with Crippen LogP contribution in [0.4, 0.5) is 23.8 Å². The lowest BCUT2D eigenvalue weighted by molar-refractivity contribution is -0.0394. The van der Waals surface area contributed by atoms with E-state index < -0.39 is 20.6 Å². The molecule has 11 aromatic rings. The molecule has 16 rings (SSSR count). The van der Waals surface area contributed by atoms with Crippen LogP contribution in [0.3, 0.4) is 0 Å². The van der Waals surface area contributed by atoms with Crippen LogP contribution in [0, 0.1) is 0 Å². The van der Waals surface area contributed by atoms with Gasteiger partial charge in [0.05, 0.1) is 91.4 Å². The number of ether oxygens (including phenoxy) is 3. The van der Waals surface area contributed by atoms with Crippen LogP contribution in [0.1, 0.15) is 188 Å². The van der Waals surface area contributed by atoms with Crippen LogP contribution in [0.25, 0.3) is 44.8 Å². The van der Waals surface area contributed by atoms with E-state index >= 15 is 0 Å². The smallest absolute Gasteiger partial charge is 0.267 e. The van der Waals surface area contributed by atoms with E-state index in [9.17, 15) is 17.7 Å². The first-order chi connectivity index (χ1) is 62.6. The van der Waals surface area contributed by atoms with E-state index in [1.54, 1.807) is 68.9 Å². The third kappa shape index (κ3) is 31.8. The summed E-state index contributed by atoms with van der Waals surface area (Å²) in [6.07, 6.45) is 40.4. The standard InChI is InChI=1S/C29H41N7O3.C22H29N7O.C13H22BrN5.C13H23N5.C4H5N3O2S.C4H5N3OS.C4H5N3S/c1-28(2)14-22(15-29(3,4)34-28)35(5)27-30-17-24(32-33-27)23-11-10-20(13-25(23)39-19-37-6)21-16-31-36(18-21)26-9-7-8-12-38-26;1-21(2)9-16(10-22(3,4)28-21)29(5)20-23-13-18(26-27-20)17-7-6-14(8-19(17)30)15-11-24-25-12-15;1-12(2)6-9(7-13(3,4)18-12)19(5)11-15-8-10(14)16-17-11;1-12(2)8-10(9-13(3,4)17-12)18(5)11-14-6-7-15-16-11;1-10(8,9)4-5-2-3-6-7-4;1-9(8)4-5-2-3-6-7-4;1-8-4-5-2-3-6-7-4/h10-11,13,16-18,22,26,34H,7-9,12,14-15,19H2,1-6H3;6-8,11-13,16,28,30H,9-10H2,1-5H3,(H,24,25);8-9,18H,6-7H2,1-5H3;6-7,10,17H,8-9H2,1-5H3;2-3H,1H3;2-3H,1H3;2-3H,1H3. The number of anilines is 4. The van der Waals surface area contributed by atoms with Crippen molar-refractivity contribution in [3.8, 4) is 56.3 Å². The van der Waals surface area contributed by atoms with Crippen molar-refractivity contribution < 1.29 is 31.9 Å². The fourth-order valence-electron chi connectivity index (χ4n) is 17.9. The quantitative estimate of drug-likeness (QED) is 0.0323. The molecule has 2 unspecified atom stereocenters. The van der Waals surface area contributed by atoms with Crippen molar-refractivity contribution in [1.82, 2.24) is 148 Å². The molecule has 0 radical (unpaired) electrons. The molecule has 40 nitrogen and oxygen atoms in total. The Labute approximate surface area is 795 Å². The molecule has 5 aliphatic heterocycles. The highest BCUT2D eigenvalue weighted by atomic mass is 79.9. The fraction of sp³-hybridized carbons (Fsp3) is 0.562. The van der Waals surface area contributed by atoms with E-state index in [2.05, 4.69) is 298 Å². The van der Waals surface area contributed by atoms with Gasteiger partial charge < -0.3 is 60.2 Å². The highest BCUT2D eigenvalue weighted by Gasteiger charge is 2.44. The molecule has 2 atom stereocenters. The summed E-state index contributed by atoms with van der Waals surface area (Å²) in [6.45, 7) is 36.8. The lowest BCUT2D eigenvalue weighted by Crippen LogP contribution is -2.62. The third-order valence-electron chi connectivity index (χ3n) is 22.5. The SMILES string of the molecule is CN(c1ncc(-c2ccc(-c3cn[nH]c3)cc2O)nn1)C1CC(C)(C)NC(C)(C)C1.CN(c1ncc(Br)nn1)C1CC(C)(C)NC(C)(C)C1.CN(c1nccnn1)C1CC(C)(C)NC(C)(C)C1.COCOc1cc(-c2cnn(C3CCCCO3)c2)ccc1-c1cnc(N(C)C2CC(C)(C)NC(C)(C)C2)nn1.CS(=O)(=O)c1nccnn1.CS(=O)c1nccnn1.CSc1nccnn1. The molecule has 6 N–H and O–H groups in total. The maximum absolute atomic E-state index is 10.7. The lowest BCUT2D eigenvalue weighted by atomic mass is 9.79. The summed E-state index contributed by atoms with van der Waals surface area (Å²) in [4.78, 5) is 37.5. The topological polar surface area (TPSA) is 477 Å². The van der Waals surface area contributed by atoms with E-state index in [1.165, 1.54) is 42.8 Å². The Morgan fingerprint density at radius 3 is 1.31 bits per heavy atom. The summed E-state index contributed by atoms with van der Waals surface area (Å²) < 4.78 is 51.5. The van der Waals surface area contributed by atoms with Crippen LogP contribution in [0.15, 0.2) is 149 Å². The van der Waals surface area contributed by atoms with Crippen molar-refractivity contribution in [2.24, 2.45) is 0 Å². The molecule has 5 fully saturated rings. The highest BCUT2D eigenvalue weighted by molar-refractivity contribution is 9.10. The molecule has 44 heteroatoms. The zero-order valence-corrected chi connectivity index (χ0v) is 84.8. The second-order valence-electron chi connectivity index (χ2n) is 38.8. The molecule has 14 heterocycles. The summed E-state index contributed by atoms with van der Waals surface area (Å²) >= 11 is 4.75. The highest BCUT2D eigenvalue weighted by Crippen LogP contribution is 2.40. The van der Waals surface area contributed by atoms with Crippen LogP contribution < -0.4 is 45.6 Å². The van der Waals surface area contributed by atoms with E-state index in [-0.39, 0.29) is 73.4 Å². The summed E-state index contributed by atoms with van der Waals surface area (Å²) in [6, 6.07) is 12.9. The number of methoxy groups -OCH3 is 1. The summed E-state index contributed by atoms with van der Waals surface area (Å²) in [5.41, 5.74) is 6.96. The number of rotatable bonds is 19. The van der Waals surface area contributed by atoms with E-state index in [0.717, 1.165) is 111 Å². The maximum atomic E-state index is 10.7. The Morgan fingerprint density at radius 1 is 0.511 bits per heavy atom. The minimum atomic E-state index is -3.29. The molecule has 9 aromatic heterocycles. The number of hydrogen-bond acceptors (Lipinski definition) is 39. The number of nitrogens with zero attached hydrogens (tertiary/aromatic N) is 28. The second-order valence-corrected chi connectivity index (χ2v) is 43.6. The first-order valence-corrected chi connectivity index (χ1v) is 49.3. The number of thioether (sulfide) groups is 1. The summed E-state index contributed by atoms with van der Waals surface area (Å²) in [5, 5.41) is 92.3. The molecule has 5 aliphatic rings. The van der Waals surface area contributed by atoms with Gasteiger partial charge in [0, 0.05) is 158 Å². The Balaban J connectivity index is 0.000000173. The number of H-pyrrole nitrogens is 1. The molecule has 0 aliphatic carbocycles. The average molecular weight is 1950 g/mol. The van der Waals surface area contributed by atoms with Crippen molar-refractivity contribution >= 4 is 72.1 Å². The Morgan fingerprint density at radius 2 is 0.955 bits per heavy atom. The molecule has 5 saturated heterocycles. The number of sulfone groups is 1. The number of piperidine rings is 4. The predicted octanol–water partition coefficient (Wildman–Crippen LogP) is 11.7. The van der Waals surface area contributed by atoms with Gasteiger partial charge in [-0.2, -0.15) is 30.6 Å². The second kappa shape index (κ2) is 45.6. The monoisotopic (exact) mass is 1950 g/mol. The number of aromatic hydroxyl groups is 1. The summed E-state index contributed by atoms with van der Waals surface area (Å²) in [7, 11) is 5.39. The van der Waals surface area contributed by atoms with Gasteiger partial charge >= 0.3 is 0 Å². The number of halogens is 1. The number of phenols is 1. The zero-order chi connectivity index (χ0) is 96.9. The summed E-state index contributed by atoms with van der Waals surface area (Å²) in [5.74, 6) is 3.37. The van der Waals surface area contributed by atoms with Gasteiger partial charge in [0.15, 0.2) is 6.79 Å². The number of benzene rings is 2. The largest absolute Gasteiger partial charge is 0.507 e. The van der Waals surface area contributed by atoms with Crippen molar-refractivity contribution in [2.75, 3.05) is 87.1 Å². The van der Waals surface area contributed by atoms with Gasteiger partial charge in [-0.05, 0) is 239 Å². The van der Waals surface area contributed by atoms with Crippen LogP contribution in [0.5, 0.6) is 11.5 Å². The van der Waals surface area contributed by atoms with E-state index in [4.69, 9.17) is 19.2 Å². The van der Waals surface area contributed by atoms with Crippen LogP contribution in [-0.4, -0.2) is 280 Å². The Kier molecular flexibility index (Phi) is 35.9. The molecular weight excluding hydrogens is 1820 g/mol. The molecule has 0 saturated carbocycles. The van der Waals surface area contributed by atoms with Gasteiger partial charge in [-0.15, -0.1) is 51.0 Å². The lowest BCUT2D eigenvalue weighted by Gasteiger charge is -2.48. The maximum Gasteiger partial charge on any atom is 0.267 e. The number of aromatic nitrogens is 25. The van der Waals surface area contributed by atoms with Gasteiger partial charge in [-0.1, -0.05) is 23.9 Å². The van der Waals surface area contributed by atoms with E-state index in [0.29, 0.717) is 80.4 Å². The van der Waals surface area contributed by atoms with Crippen molar-refractivity contribution in [2.45, 2.75) is 272 Å². The number of aromatic amines is 1. The number of hydrogen-bond donors (Lipinski definition) is 6. The Hall–Kier alpha value is -10.6. The predicted molar refractivity (Wildman–Crippen MR) is 517 cm³/mol. The van der Waals surface area contributed by atoms with Gasteiger partial charge in [0.25, 0.3) is 5.16 Å². The molecule has 0 spiro atoms. The van der Waals surface area contributed by atoms with Gasteiger partial charge in [0.2, 0.25) is 43.9 Å². The first-order valence-electron chi connectivity index (χ1n) is 43.8.